The molecule has 0 N–H and O–H groups in total. The number of nitrogens with zero attached hydrogens (tertiary/aromatic N) is 2. The number of amides is 1. The van der Waals surface area contributed by atoms with Crippen molar-refractivity contribution in [3.8, 4) is 0 Å². The number of ketones is 1. The van der Waals surface area contributed by atoms with Crippen LogP contribution in [-0.2, 0) is 9.59 Å². The Balaban J connectivity index is 1.68. The van der Waals surface area contributed by atoms with Crippen molar-refractivity contribution >= 4 is 40.4 Å². The summed E-state index contributed by atoms with van der Waals surface area (Å²) in [4.78, 5) is 33.6. The summed E-state index contributed by atoms with van der Waals surface area (Å²) in [5, 5.41) is 0.670. The first kappa shape index (κ1) is 21.6. The van der Waals surface area contributed by atoms with Gasteiger partial charge in [-0.05, 0) is 48.6 Å². The van der Waals surface area contributed by atoms with Gasteiger partial charge in [-0.25, -0.2) is 0 Å². The van der Waals surface area contributed by atoms with Crippen LogP contribution < -0.4 is 4.90 Å². The van der Waals surface area contributed by atoms with E-state index in [1.54, 1.807) is 11.8 Å². The first-order valence-corrected chi connectivity index (χ1v) is 11.6. The molecule has 1 fully saturated rings. The summed E-state index contributed by atoms with van der Waals surface area (Å²) in [5.74, 6) is -0.543. The highest BCUT2D eigenvalue weighted by molar-refractivity contribution is 6.31. The van der Waals surface area contributed by atoms with Gasteiger partial charge in [0.05, 0.1) is 23.3 Å². The van der Waals surface area contributed by atoms with E-state index in [2.05, 4.69) is 0 Å². The van der Waals surface area contributed by atoms with Gasteiger partial charge in [0.2, 0.25) is 5.91 Å². The Hall–Kier alpha value is -3.24. The van der Waals surface area contributed by atoms with Crippen LogP contribution in [0.4, 0.5) is 11.4 Å². The number of benzene rings is 3. The van der Waals surface area contributed by atoms with Crippen LogP contribution in [-0.4, -0.2) is 17.4 Å². The van der Waals surface area contributed by atoms with Crippen LogP contribution in [0.5, 0.6) is 0 Å². The van der Waals surface area contributed by atoms with Crippen LogP contribution in [0.2, 0.25) is 5.02 Å². The molecule has 1 saturated carbocycles. The number of carbonyl (C=O) groups is 2. The maximum Gasteiger partial charge on any atom is 0.224 e. The average Bonchev–Trinajstić information content (AvgIpc) is 2.94. The third-order valence-electron chi connectivity index (χ3n) is 6.71. The van der Waals surface area contributed by atoms with Gasteiger partial charge in [0.1, 0.15) is 5.78 Å². The minimum atomic E-state index is -0.497. The number of halogens is 1. The van der Waals surface area contributed by atoms with Crippen molar-refractivity contribution in [3.05, 3.63) is 94.5 Å². The molecule has 3 atom stereocenters. The number of hydrogen-bond acceptors (Lipinski definition) is 3. The Bertz CT molecular complexity index is 1260. The fourth-order valence-electron chi connectivity index (χ4n) is 5.19. The van der Waals surface area contributed by atoms with Crippen molar-refractivity contribution in [3.63, 3.8) is 0 Å². The van der Waals surface area contributed by atoms with Gasteiger partial charge >= 0.3 is 0 Å². The van der Waals surface area contributed by atoms with Gasteiger partial charge in [-0.15, -0.1) is 0 Å². The lowest BCUT2D eigenvalue weighted by atomic mass is 9.72. The molecule has 3 aromatic carbocycles. The second-order valence-electron chi connectivity index (χ2n) is 8.91. The summed E-state index contributed by atoms with van der Waals surface area (Å²) in [7, 11) is 0. The van der Waals surface area contributed by atoms with Crippen LogP contribution in [0.1, 0.15) is 48.4 Å². The normalized spacial score (nSPS) is 22.2. The molecule has 33 heavy (non-hydrogen) atoms. The Morgan fingerprint density at radius 2 is 1.67 bits per heavy atom. The standard InChI is InChI=1S/C28H25ClN2O2/c1-17-11-13-19(14-12-17)28-27-24(30-23-9-5-6-10-25(23)31(28)18(2)32)15-20(16-26(27)33)21-7-3-4-8-22(21)29/h3-14,20,27-28H,15-16H2,1-2H3. The molecule has 1 aliphatic carbocycles. The van der Waals surface area contributed by atoms with Crippen molar-refractivity contribution < 1.29 is 9.59 Å². The zero-order valence-electron chi connectivity index (χ0n) is 18.7. The third-order valence-corrected chi connectivity index (χ3v) is 7.06. The fourth-order valence-corrected chi connectivity index (χ4v) is 5.48. The van der Waals surface area contributed by atoms with Gasteiger partial charge in [0.15, 0.2) is 0 Å². The molecule has 1 amide bonds. The van der Waals surface area contributed by atoms with E-state index in [-0.39, 0.29) is 17.6 Å². The van der Waals surface area contributed by atoms with Crippen molar-refractivity contribution in [2.24, 2.45) is 10.9 Å². The summed E-state index contributed by atoms with van der Waals surface area (Å²) in [5.41, 5.74) is 5.31. The monoisotopic (exact) mass is 456 g/mol. The number of fused-ring (bicyclic) bond motifs is 2. The Morgan fingerprint density at radius 3 is 2.39 bits per heavy atom. The Morgan fingerprint density at radius 1 is 0.970 bits per heavy atom. The molecule has 0 radical (unpaired) electrons. The number of rotatable bonds is 2. The molecule has 4 nitrogen and oxygen atoms in total. The number of carbonyl (C=O) groups excluding carboxylic acids is 2. The summed E-state index contributed by atoms with van der Waals surface area (Å²) in [6.07, 6.45) is 1.00. The molecule has 0 aromatic heterocycles. The predicted molar refractivity (Wildman–Crippen MR) is 133 cm³/mol. The van der Waals surface area contributed by atoms with Crippen LogP contribution in [0, 0.1) is 12.8 Å². The van der Waals surface area contributed by atoms with Gasteiger partial charge in [0.25, 0.3) is 0 Å². The zero-order chi connectivity index (χ0) is 23.1. The maximum atomic E-state index is 13.8. The Kier molecular flexibility index (Phi) is 5.63. The lowest BCUT2D eigenvalue weighted by Crippen LogP contribution is -2.45. The summed E-state index contributed by atoms with van der Waals surface area (Å²) in [6, 6.07) is 23.0. The third kappa shape index (κ3) is 3.89. The topological polar surface area (TPSA) is 49.7 Å². The second kappa shape index (κ2) is 8.60. The second-order valence-corrected chi connectivity index (χ2v) is 9.31. The van der Waals surface area contributed by atoms with Crippen LogP contribution >= 0.6 is 11.6 Å². The lowest BCUT2D eigenvalue weighted by molar-refractivity contribution is -0.123. The predicted octanol–water partition coefficient (Wildman–Crippen LogP) is 6.59. The summed E-state index contributed by atoms with van der Waals surface area (Å²) in [6.45, 7) is 3.59. The highest BCUT2D eigenvalue weighted by Gasteiger charge is 2.45. The molecule has 166 valence electrons. The molecule has 5 rings (SSSR count). The molecule has 5 heteroatoms. The largest absolute Gasteiger partial charge is 0.302 e. The highest BCUT2D eigenvalue weighted by Crippen LogP contribution is 2.47. The molecule has 0 spiro atoms. The lowest BCUT2D eigenvalue weighted by Gasteiger charge is -2.38. The van der Waals surface area contributed by atoms with E-state index < -0.39 is 12.0 Å². The average molecular weight is 457 g/mol. The fraction of sp³-hybridized carbons (Fsp3) is 0.250. The minimum absolute atomic E-state index is 0.0316. The number of hydrogen-bond donors (Lipinski definition) is 0. The number of aliphatic imine (C=N–C) groups is 1. The molecule has 3 aromatic rings. The zero-order valence-corrected chi connectivity index (χ0v) is 19.4. The van der Waals surface area contributed by atoms with E-state index >= 15 is 0 Å². The minimum Gasteiger partial charge on any atom is -0.302 e. The van der Waals surface area contributed by atoms with Gasteiger partial charge in [-0.1, -0.05) is 71.8 Å². The van der Waals surface area contributed by atoms with E-state index in [0.29, 0.717) is 17.9 Å². The van der Waals surface area contributed by atoms with Crippen molar-refractivity contribution in [2.45, 2.75) is 38.6 Å². The summed E-state index contributed by atoms with van der Waals surface area (Å²) >= 11 is 6.49. The Labute approximate surface area is 198 Å². The van der Waals surface area contributed by atoms with Gasteiger partial charge < -0.3 is 4.90 Å². The summed E-state index contributed by atoms with van der Waals surface area (Å²) < 4.78 is 0. The van der Waals surface area contributed by atoms with Crippen LogP contribution in [0.15, 0.2) is 77.8 Å². The first-order valence-electron chi connectivity index (χ1n) is 11.2. The molecular formula is C28H25ClN2O2. The smallest absolute Gasteiger partial charge is 0.224 e. The first-order chi connectivity index (χ1) is 15.9. The quantitative estimate of drug-likeness (QED) is 0.436. The molecular weight excluding hydrogens is 432 g/mol. The van der Waals surface area contributed by atoms with Crippen molar-refractivity contribution in [1.82, 2.24) is 0 Å². The molecule has 0 saturated heterocycles. The van der Waals surface area contributed by atoms with Crippen molar-refractivity contribution in [1.29, 1.82) is 0 Å². The van der Waals surface area contributed by atoms with Gasteiger partial charge in [-0.2, -0.15) is 0 Å². The molecule has 1 heterocycles. The van der Waals surface area contributed by atoms with Crippen LogP contribution in [0.25, 0.3) is 0 Å². The molecule has 0 bridgehead atoms. The van der Waals surface area contributed by atoms with E-state index in [4.69, 9.17) is 16.6 Å². The number of aryl methyl sites for hydroxylation is 1. The number of para-hydroxylation sites is 2. The molecule has 3 unspecified atom stereocenters. The van der Waals surface area contributed by atoms with E-state index in [1.165, 1.54) is 0 Å². The number of anilines is 1. The molecule has 2 aliphatic rings. The number of Topliss-reactive ketones (excluding diaryl/α,β-unsaturated/α-hetero) is 1. The van der Waals surface area contributed by atoms with E-state index in [0.717, 1.165) is 33.8 Å². The van der Waals surface area contributed by atoms with Crippen LogP contribution in [0.3, 0.4) is 0 Å². The van der Waals surface area contributed by atoms with E-state index in [9.17, 15) is 9.59 Å². The van der Waals surface area contributed by atoms with E-state index in [1.807, 2.05) is 79.7 Å². The van der Waals surface area contributed by atoms with Crippen molar-refractivity contribution in [2.75, 3.05) is 4.90 Å². The van der Waals surface area contributed by atoms with Gasteiger partial charge in [-0.3, -0.25) is 14.6 Å². The maximum absolute atomic E-state index is 13.8. The highest BCUT2D eigenvalue weighted by atomic mass is 35.5. The SMILES string of the molecule is CC(=O)N1c2ccccc2N=C2CC(c3ccccc3Cl)CC(=O)C2C1c1ccc(C)cc1. The van der Waals surface area contributed by atoms with Gasteiger partial charge in [0, 0.05) is 24.1 Å². The molecule has 1 aliphatic heterocycles.